The third-order valence-electron chi connectivity index (χ3n) is 5.38. The van der Waals surface area contributed by atoms with Crippen LogP contribution in [0.1, 0.15) is 42.9 Å². The second-order valence-electron chi connectivity index (χ2n) is 8.20. The maximum Gasteiger partial charge on any atom is 0.253 e. The van der Waals surface area contributed by atoms with Crippen LogP contribution in [-0.4, -0.2) is 46.0 Å². The summed E-state index contributed by atoms with van der Waals surface area (Å²) in [7, 11) is 0. The molecule has 2 aromatic heterocycles. The molecule has 1 saturated heterocycles. The van der Waals surface area contributed by atoms with Crippen molar-refractivity contribution in [1.82, 2.24) is 20.4 Å². The lowest BCUT2D eigenvalue weighted by atomic mass is 9.95. The maximum atomic E-state index is 12.9. The number of benzene rings is 1. The van der Waals surface area contributed by atoms with Crippen LogP contribution in [0.4, 0.5) is 5.69 Å². The van der Waals surface area contributed by atoms with Crippen LogP contribution in [0.5, 0.6) is 0 Å². The number of nitrogens with zero attached hydrogens (tertiary/aromatic N) is 3. The van der Waals surface area contributed by atoms with Crippen LogP contribution < -0.4 is 10.6 Å². The number of carbonyl (C=O) groups excluding carboxylic acids is 2. The minimum atomic E-state index is -0.188. The average molecular weight is 454 g/mol. The monoisotopic (exact) mass is 453 g/mol. The summed E-state index contributed by atoms with van der Waals surface area (Å²) in [6.07, 6.45) is 1.47. The molecule has 2 N–H and O–H groups in total. The number of rotatable bonds is 7. The summed E-state index contributed by atoms with van der Waals surface area (Å²) in [6.45, 7) is 5.92. The van der Waals surface area contributed by atoms with Crippen LogP contribution >= 0.6 is 11.3 Å². The average Bonchev–Trinajstić information content (AvgIpc) is 3.46. The van der Waals surface area contributed by atoms with Crippen LogP contribution in [0.15, 0.2) is 46.3 Å². The number of thiophene rings is 1. The van der Waals surface area contributed by atoms with Gasteiger partial charge < -0.3 is 15.2 Å². The number of likely N-dealkylation sites (tertiary alicyclic amines) is 1. The molecule has 168 valence electrons. The van der Waals surface area contributed by atoms with Crippen LogP contribution in [0.3, 0.4) is 0 Å². The van der Waals surface area contributed by atoms with Gasteiger partial charge in [-0.3, -0.25) is 14.5 Å². The van der Waals surface area contributed by atoms with Crippen molar-refractivity contribution in [2.24, 2.45) is 5.92 Å². The van der Waals surface area contributed by atoms with E-state index < -0.39 is 0 Å². The second-order valence-corrected chi connectivity index (χ2v) is 9.15. The molecule has 0 spiro atoms. The molecule has 0 bridgehead atoms. The van der Waals surface area contributed by atoms with E-state index in [1.807, 2.05) is 37.4 Å². The number of hydrogen-bond acceptors (Lipinski definition) is 7. The SMILES string of the molecule is CC(C)NC(=O)c1ccccc1NC(=O)C1CCN(Cc2nc(-c3cccs3)no2)CC1. The number of amides is 2. The number of piperidine rings is 1. The summed E-state index contributed by atoms with van der Waals surface area (Å²) < 4.78 is 5.39. The highest BCUT2D eigenvalue weighted by Gasteiger charge is 2.27. The normalized spacial score (nSPS) is 15.1. The second kappa shape index (κ2) is 10.1. The van der Waals surface area contributed by atoms with E-state index in [1.165, 1.54) is 0 Å². The lowest BCUT2D eigenvalue weighted by Gasteiger charge is -2.30. The molecule has 2 amide bonds. The van der Waals surface area contributed by atoms with Gasteiger partial charge >= 0.3 is 0 Å². The van der Waals surface area contributed by atoms with E-state index in [0.717, 1.165) is 30.8 Å². The van der Waals surface area contributed by atoms with E-state index in [0.29, 0.717) is 29.5 Å². The molecular weight excluding hydrogens is 426 g/mol. The van der Waals surface area contributed by atoms with Gasteiger partial charge in [0.05, 0.1) is 22.7 Å². The molecule has 1 fully saturated rings. The van der Waals surface area contributed by atoms with Crippen molar-refractivity contribution in [1.29, 1.82) is 0 Å². The number of aromatic nitrogens is 2. The molecule has 9 heteroatoms. The number of carbonyl (C=O) groups is 2. The summed E-state index contributed by atoms with van der Waals surface area (Å²) >= 11 is 1.58. The minimum Gasteiger partial charge on any atom is -0.350 e. The fourth-order valence-corrected chi connectivity index (χ4v) is 4.38. The first-order valence-corrected chi connectivity index (χ1v) is 11.7. The smallest absolute Gasteiger partial charge is 0.253 e. The first kappa shape index (κ1) is 22.2. The molecule has 3 aromatic rings. The van der Waals surface area contributed by atoms with Crippen molar-refractivity contribution < 1.29 is 14.1 Å². The maximum absolute atomic E-state index is 12.9. The van der Waals surface area contributed by atoms with Crippen molar-refractivity contribution >= 4 is 28.8 Å². The van der Waals surface area contributed by atoms with E-state index in [2.05, 4.69) is 25.7 Å². The minimum absolute atomic E-state index is 0.0239. The predicted molar refractivity (Wildman–Crippen MR) is 123 cm³/mol. The van der Waals surface area contributed by atoms with Crippen LogP contribution in [0.25, 0.3) is 10.7 Å². The van der Waals surface area contributed by atoms with Gasteiger partial charge in [-0.05, 0) is 63.4 Å². The van der Waals surface area contributed by atoms with Gasteiger partial charge in [-0.25, -0.2) is 0 Å². The van der Waals surface area contributed by atoms with Crippen molar-refractivity contribution in [3.8, 4) is 10.7 Å². The highest BCUT2D eigenvalue weighted by Crippen LogP contribution is 2.24. The van der Waals surface area contributed by atoms with E-state index in [9.17, 15) is 9.59 Å². The van der Waals surface area contributed by atoms with Gasteiger partial charge in [-0.1, -0.05) is 23.4 Å². The van der Waals surface area contributed by atoms with Crippen LogP contribution in [0, 0.1) is 5.92 Å². The molecule has 8 nitrogen and oxygen atoms in total. The topological polar surface area (TPSA) is 100 Å². The molecule has 3 heterocycles. The lowest BCUT2D eigenvalue weighted by molar-refractivity contribution is -0.121. The Kier molecular flexibility index (Phi) is 6.96. The Bertz CT molecular complexity index is 1060. The highest BCUT2D eigenvalue weighted by atomic mass is 32.1. The van der Waals surface area contributed by atoms with Crippen molar-refractivity contribution in [3.05, 3.63) is 53.2 Å². The Hall–Kier alpha value is -3.04. The molecule has 1 aromatic carbocycles. The standard InChI is InChI=1S/C23H27N5O3S/c1-15(2)24-23(30)17-6-3-4-7-18(17)25-22(29)16-9-11-28(12-10-16)14-20-26-21(27-31-20)19-8-5-13-32-19/h3-8,13,15-16H,9-12,14H2,1-2H3,(H,24,30)(H,25,29). The zero-order chi connectivity index (χ0) is 22.5. The lowest BCUT2D eigenvalue weighted by Crippen LogP contribution is -2.38. The Morgan fingerprint density at radius 1 is 1.19 bits per heavy atom. The zero-order valence-electron chi connectivity index (χ0n) is 18.2. The van der Waals surface area contributed by atoms with Gasteiger partial charge in [0, 0.05) is 12.0 Å². The van der Waals surface area contributed by atoms with E-state index in [1.54, 1.807) is 29.5 Å². The molecule has 0 unspecified atom stereocenters. The largest absolute Gasteiger partial charge is 0.350 e. The molecule has 0 atom stereocenters. The molecule has 0 saturated carbocycles. The van der Waals surface area contributed by atoms with Crippen molar-refractivity contribution in [2.45, 2.75) is 39.3 Å². The molecule has 4 rings (SSSR count). The quantitative estimate of drug-likeness (QED) is 0.565. The zero-order valence-corrected chi connectivity index (χ0v) is 19.0. The fourth-order valence-electron chi connectivity index (χ4n) is 3.73. The number of para-hydroxylation sites is 1. The summed E-state index contributed by atoms with van der Waals surface area (Å²) in [5, 5.41) is 11.9. The first-order valence-electron chi connectivity index (χ1n) is 10.8. The summed E-state index contributed by atoms with van der Waals surface area (Å²) in [5.41, 5.74) is 1.02. The predicted octanol–water partition coefficient (Wildman–Crippen LogP) is 3.79. The van der Waals surface area contributed by atoms with Crippen molar-refractivity contribution in [2.75, 3.05) is 18.4 Å². The van der Waals surface area contributed by atoms with Gasteiger partial charge in [0.1, 0.15) is 0 Å². The summed E-state index contributed by atoms with van der Waals surface area (Å²) in [4.78, 5) is 33.0. The Balaban J connectivity index is 1.30. The van der Waals surface area contributed by atoms with Gasteiger partial charge in [0.15, 0.2) is 0 Å². The van der Waals surface area contributed by atoms with Gasteiger partial charge in [-0.15, -0.1) is 11.3 Å². The molecule has 0 radical (unpaired) electrons. The Morgan fingerprint density at radius 2 is 1.97 bits per heavy atom. The summed E-state index contributed by atoms with van der Waals surface area (Å²) in [5.74, 6) is 0.863. The van der Waals surface area contributed by atoms with Crippen LogP contribution in [-0.2, 0) is 11.3 Å². The van der Waals surface area contributed by atoms with E-state index in [-0.39, 0.29) is 23.8 Å². The number of anilines is 1. The Morgan fingerprint density at radius 3 is 2.69 bits per heavy atom. The highest BCUT2D eigenvalue weighted by molar-refractivity contribution is 7.13. The summed E-state index contributed by atoms with van der Waals surface area (Å²) in [6, 6.07) is 11.1. The number of nitrogens with one attached hydrogen (secondary N) is 2. The van der Waals surface area contributed by atoms with Gasteiger partial charge in [0.25, 0.3) is 5.91 Å². The molecule has 32 heavy (non-hydrogen) atoms. The van der Waals surface area contributed by atoms with E-state index >= 15 is 0 Å². The molecule has 0 aliphatic carbocycles. The first-order chi connectivity index (χ1) is 15.5. The number of hydrogen-bond donors (Lipinski definition) is 2. The fraction of sp³-hybridized carbons (Fsp3) is 0.391. The molecule has 1 aliphatic heterocycles. The molecule has 1 aliphatic rings. The van der Waals surface area contributed by atoms with Crippen LogP contribution in [0.2, 0.25) is 0 Å². The third kappa shape index (κ3) is 5.41. The third-order valence-corrected chi connectivity index (χ3v) is 6.24. The van der Waals surface area contributed by atoms with Gasteiger partial charge in [0.2, 0.25) is 17.6 Å². The van der Waals surface area contributed by atoms with E-state index in [4.69, 9.17) is 4.52 Å². The van der Waals surface area contributed by atoms with Gasteiger partial charge in [-0.2, -0.15) is 4.98 Å². The van der Waals surface area contributed by atoms with Crippen molar-refractivity contribution in [3.63, 3.8) is 0 Å². The molecular formula is C23H27N5O3S. The Labute approximate surface area is 191 Å².